The van der Waals surface area contributed by atoms with E-state index in [2.05, 4.69) is 14.8 Å². The SMILES string of the molecule is CCOC(=O)C(N)C(=O)NC(CCC(=O)OC)C(=O)O. The first-order valence-corrected chi connectivity index (χ1v) is 5.85. The van der Waals surface area contributed by atoms with Crippen molar-refractivity contribution >= 4 is 23.8 Å². The molecular formula is C11H18N2O7. The van der Waals surface area contributed by atoms with Gasteiger partial charge in [-0.1, -0.05) is 0 Å². The second-order valence-electron chi connectivity index (χ2n) is 3.74. The number of amides is 1. The number of methoxy groups -OCH3 is 1. The van der Waals surface area contributed by atoms with Gasteiger partial charge in [-0.25, -0.2) is 9.59 Å². The fourth-order valence-electron chi connectivity index (χ4n) is 1.22. The fraction of sp³-hybridized carbons (Fsp3) is 0.636. The highest BCUT2D eigenvalue weighted by molar-refractivity contribution is 6.02. The monoisotopic (exact) mass is 290 g/mol. The number of rotatable bonds is 8. The first-order valence-electron chi connectivity index (χ1n) is 5.85. The molecule has 1 amide bonds. The summed E-state index contributed by atoms with van der Waals surface area (Å²) in [6, 6.07) is -2.96. The van der Waals surface area contributed by atoms with Gasteiger partial charge in [0.2, 0.25) is 5.91 Å². The van der Waals surface area contributed by atoms with Crippen LogP contribution in [0.2, 0.25) is 0 Å². The smallest absolute Gasteiger partial charge is 0.332 e. The maximum Gasteiger partial charge on any atom is 0.332 e. The molecule has 0 aliphatic rings. The van der Waals surface area contributed by atoms with Gasteiger partial charge in [-0.2, -0.15) is 0 Å². The Kier molecular flexibility index (Phi) is 7.90. The van der Waals surface area contributed by atoms with Crippen LogP contribution in [-0.2, 0) is 28.7 Å². The van der Waals surface area contributed by atoms with Crippen molar-refractivity contribution in [2.45, 2.75) is 31.8 Å². The minimum Gasteiger partial charge on any atom is -0.480 e. The lowest BCUT2D eigenvalue weighted by atomic mass is 10.1. The molecule has 2 atom stereocenters. The van der Waals surface area contributed by atoms with Crippen molar-refractivity contribution < 1.29 is 33.8 Å². The molecule has 0 fully saturated rings. The zero-order chi connectivity index (χ0) is 15.7. The van der Waals surface area contributed by atoms with Gasteiger partial charge in [0, 0.05) is 6.42 Å². The van der Waals surface area contributed by atoms with E-state index in [9.17, 15) is 19.2 Å². The van der Waals surface area contributed by atoms with Crippen molar-refractivity contribution in [3.8, 4) is 0 Å². The molecule has 9 heteroatoms. The highest BCUT2D eigenvalue weighted by Gasteiger charge is 2.28. The molecule has 0 aromatic rings. The van der Waals surface area contributed by atoms with Crippen molar-refractivity contribution in [3.05, 3.63) is 0 Å². The molecule has 2 unspecified atom stereocenters. The Morgan fingerprint density at radius 2 is 1.90 bits per heavy atom. The van der Waals surface area contributed by atoms with Crippen molar-refractivity contribution in [1.29, 1.82) is 0 Å². The maximum absolute atomic E-state index is 11.6. The third-order valence-electron chi connectivity index (χ3n) is 2.30. The van der Waals surface area contributed by atoms with Crippen LogP contribution in [0.4, 0.5) is 0 Å². The standard InChI is InChI=1S/C11H18N2O7/c1-3-20-11(18)8(12)9(15)13-6(10(16)17)4-5-7(14)19-2/h6,8H,3-5,12H2,1-2H3,(H,13,15)(H,16,17). The Balaban J connectivity index is 4.51. The summed E-state index contributed by atoms with van der Waals surface area (Å²) < 4.78 is 8.90. The molecule has 0 aliphatic heterocycles. The van der Waals surface area contributed by atoms with Crippen LogP contribution in [0.1, 0.15) is 19.8 Å². The molecule has 0 saturated carbocycles. The lowest BCUT2D eigenvalue weighted by Gasteiger charge is -2.16. The minimum atomic E-state index is -1.62. The summed E-state index contributed by atoms with van der Waals surface area (Å²) in [5, 5.41) is 11.0. The highest BCUT2D eigenvalue weighted by Crippen LogP contribution is 2.00. The van der Waals surface area contributed by atoms with Gasteiger partial charge < -0.3 is 25.6 Å². The summed E-state index contributed by atoms with van der Waals surface area (Å²) in [5.74, 6) is -3.90. The third-order valence-corrected chi connectivity index (χ3v) is 2.30. The van der Waals surface area contributed by atoms with Crippen LogP contribution in [0.3, 0.4) is 0 Å². The predicted octanol–water partition coefficient (Wildman–Crippen LogP) is -1.60. The quantitative estimate of drug-likeness (QED) is 0.358. The number of carboxylic acid groups (broad SMARTS) is 1. The molecule has 9 nitrogen and oxygen atoms in total. The number of nitrogens with one attached hydrogen (secondary N) is 1. The van der Waals surface area contributed by atoms with Crippen molar-refractivity contribution in [2.24, 2.45) is 5.73 Å². The minimum absolute atomic E-state index is 0.0461. The summed E-state index contributed by atoms with van der Waals surface area (Å²) in [6.07, 6.45) is -0.369. The molecular weight excluding hydrogens is 272 g/mol. The van der Waals surface area contributed by atoms with E-state index in [4.69, 9.17) is 10.8 Å². The van der Waals surface area contributed by atoms with E-state index in [0.29, 0.717) is 0 Å². The molecule has 114 valence electrons. The first kappa shape index (κ1) is 17.8. The summed E-state index contributed by atoms with van der Waals surface area (Å²) in [6.45, 7) is 1.59. The van der Waals surface area contributed by atoms with Crippen molar-refractivity contribution in [2.75, 3.05) is 13.7 Å². The molecule has 0 aromatic heterocycles. The number of esters is 2. The van der Waals surface area contributed by atoms with E-state index in [1.807, 2.05) is 0 Å². The average Bonchev–Trinajstić information content (AvgIpc) is 2.41. The highest BCUT2D eigenvalue weighted by atomic mass is 16.5. The molecule has 0 radical (unpaired) electrons. The van der Waals surface area contributed by atoms with E-state index in [0.717, 1.165) is 7.11 Å². The second-order valence-corrected chi connectivity index (χ2v) is 3.74. The van der Waals surface area contributed by atoms with Crippen molar-refractivity contribution in [3.63, 3.8) is 0 Å². The van der Waals surface area contributed by atoms with Gasteiger partial charge >= 0.3 is 17.9 Å². The molecule has 0 bridgehead atoms. The molecule has 0 saturated heterocycles. The van der Waals surface area contributed by atoms with E-state index in [1.54, 1.807) is 6.92 Å². The normalized spacial score (nSPS) is 12.9. The van der Waals surface area contributed by atoms with Gasteiger partial charge in [0.05, 0.1) is 13.7 Å². The van der Waals surface area contributed by atoms with Crippen LogP contribution in [-0.4, -0.2) is 54.7 Å². The second kappa shape index (κ2) is 8.86. The number of carboxylic acids is 1. The number of carbonyl (C=O) groups excluding carboxylic acids is 3. The molecule has 0 heterocycles. The van der Waals surface area contributed by atoms with Crippen LogP contribution in [0.15, 0.2) is 0 Å². The van der Waals surface area contributed by atoms with E-state index < -0.39 is 35.9 Å². The number of aliphatic carboxylic acids is 1. The van der Waals surface area contributed by atoms with Crippen LogP contribution < -0.4 is 11.1 Å². The molecule has 0 aliphatic carbocycles. The van der Waals surface area contributed by atoms with Crippen LogP contribution in [0, 0.1) is 0 Å². The topological polar surface area (TPSA) is 145 Å². The molecule has 0 rings (SSSR count). The Morgan fingerprint density at radius 3 is 2.35 bits per heavy atom. The van der Waals surface area contributed by atoms with E-state index in [-0.39, 0.29) is 19.4 Å². The Hall–Kier alpha value is -2.16. The Labute approximate surface area is 115 Å². The zero-order valence-corrected chi connectivity index (χ0v) is 11.3. The lowest BCUT2D eigenvalue weighted by Crippen LogP contribution is -2.52. The average molecular weight is 290 g/mol. The summed E-state index contributed by atoms with van der Waals surface area (Å²) in [7, 11) is 1.16. The summed E-state index contributed by atoms with van der Waals surface area (Å²) in [5.41, 5.74) is 5.31. The Morgan fingerprint density at radius 1 is 1.30 bits per heavy atom. The van der Waals surface area contributed by atoms with Gasteiger partial charge in [0.1, 0.15) is 6.04 Å². The van der Waals surface area contributed by atoms with Crippen LogP contribution in [0.5, 0.6) is 0 Å². The molecule has 0 aromatic carbocycles. The van der Waals surface area contributed by atoms with Crippen LogP contribution in [0.25, 0.3) is 0 Å². The zero-order valence-electron chi connectivity index (χ0n) is 11.3. The van der Waals surface area contributed by atoms with Gasteiger partial charge in [-0.3, -0.25) is 9.59 Å². The third kappa shape index (κ3) is 6.14. The molecule has 4 N–H and O–H groups in total. The Bertz CT molecular complexity index is 383. The number of carbonyl (C=O) groups is 4. The van der Waals surface area contributed by atoms with Gasteiger partial charge in [0.15, 0.2) is 6.04 Å². The number of hydrogen-bond acceptors (Lipinski definition) is 7. The number of nitrogens with two attached hydrogens (primary N) is 1. The fourth-order valence-corrected chi connectivity index (χ4v) is 1.22. The predicted molar refractivity (Wildman–Crippen MR) is 65.4 cm³/mol. The summed E-state index contributed by atoms with van der Waals surface area (Å²) >= 11 is 0. The first-order chi connectivity index (χ1) is 9.33. The van der Waals surface area contributed by atoms with E-state index >= 15 is 0 Å². The summed E-state index contributed by atoms with van der Waals surface area (Å²) in [4.78, 5) is 44.6. The van der Waals surface area contributed by atoms with Gasteiger partial charge in [-0.05, 0) is 13.3 Å². The lowest BCUT2D eigenvalue weighted by molar-refractivity contribution is -0.150. The van der Waals surface area contributed by atoms with Gasteiger partial charge in [0.25, 0.3) is 0 Å². The van der Waals surface area contributed by atoms with Gasteiger partial charge in [-0.15, -0.1) is 0 Å². The van der Waals surface area contributed by atoms with Crippen molar-refractivity contribution in [1.82, 2.24) is 5.32 Å². The number of hydrogen-bond donors (Lipinski definition) is 3. The largest absolute Gasteiger partial charge is 0.480 e. The maximum atomic E-state index is 11.6. The number of ether oxygens (including phenoxy) is 2. The molecule has 20 heavy (non-hydrogen) atoms. The molecule has 0 spiro atoms. The van der Waals surface area contributed by atoms with E-state index in [1.165, 1.54) is 0 Å². The van der Waals surface area contributed by atoms with Crippen LogP contribution >= 0.6 is 0 Å².